The molecule has 0 unspecified atom stereocenters. The first-order valence-electron chi connectivity index (χ1n) is 13.9. The summed E-state index contributed by atoms with van der Waals surface area (Å²) in [5.41, 5.74) is 16.8. The Balaban J connectivity index is 1.79. The van der Waals surface area contributed by atoms with E-state index >= 15 is 0 Å². The topological polar surface area (TPSA) is 21.7 Å². The van der Waals surface area contributed by atoms with Gasteiger partial charge in [-0.3, -0.25) is 4.98 Å². The lowest BCUT2D eigenvalue weighted by Crippen LogP contribution is -2.30. The number of benzene rings is 3. The highest BCUT2D eigenvalue weighted by molar-refractivity contribution is 5.89. The second kappa shape index (κ2) is 8.94. The van der Waals surface area contributed by atoms with Gasteiger partial charge in [0.25, 0.3) is 5.82 Å². The van der Waals surface area contributed by atoms with Crippen molar-refractivity contribution in [3.05, 3.63) is 99.9 Å². The molecule has 0 radical (unpaired) electrons. The van der Waals surface area contributed by atoms with E-state index in [0.29, 0.717) is 11.8 Å². The third-order valence-electron chi connectivity index (χ3n) is 8.26. The lowest BCUT2D eigenvalue weighted by molar-refractivity contribution is -0.633. The van der Waals surface area contributed by atoms with Crippen molar-refractivity contribution >= 4 is 11.0 Å². The summed E-state index contributed by atoms with van der Waals surface area (Å²) < 4.78 is 4.98. The van der Waals surface area contributed by atoms with Crippen LogP contribution in [0, 0.1) is 20.8 Å². The molecule has 3 nitrogen and oxygen atoms in total. The fourth-order valence-electron chi connectivity index (χ4n) is 6.34. The minimum absolute atomic E-state index is 0.400. The van der Waals surface area contributed by atoms with Crippen LogP contribution in [0.25, 0.3) is 39.2 Å². The van der Waals surface area contributed by atoms with Crippen molar-refractivity contribution in [3.63, 3.8) is 0 Å². The van der Waals surface area contributed by atoms with Gasteiger partial charge >= 0.3 is 0 Å². The summed E-state index contributed by atoms with van der Waals surface area (Å²) in [7, 11) is 2.23. The van der Waals surface area contributed by atoms with E-state index in [-0.39, 0.29) is 0 Å². The summed E-state index contributed by atoms with van der Waals surface area (Å²) in [6, 6.07) is 22.8. The fraction of sp³-hybridized carbons (Fsp3) is 0.314. The molecule has 2 aromatic heterocycles. The SMILES string of the molecule is Cc1cc(C(C)C)c(-n2c(-c3ccccc3C)[n+](C)c3cc4c(cc32)-c2ccc(C)nc2C4)c(C(C)C)c1. The molecular weight excluding hydrogens is 462 g/mol. The smallest absolute Gasteiger partial charge is 0.257 e. The Kier molecular flexibility index (Phi) is 5.79. The average molecular weight is 501 g/mol. The third-order valence-corrected chi connectivity index (χ3v) is 8.26. The molecule has 0 fully saturated rings. The maximum atomic E-state index is 4.89. The van der Waals surface area contributed by atoms with E-state index in [9.17, 15) is 0 Å². The number of aromatic nitrogens is 3. The Labute approximate surface area is 226 Å². The van der Waals surface area contributed by atoms with Crippen molar-refractivity contribution in [1.82, 2.24) is 9.55 Å². The second-order valence-electron chi connectivity index (χ2n) is 11.8. The van der Waals surface area contributed by atoms with Gasteiger partial charge in [0, 0.05) is 28.8 Å². The molecular formula is C35H38N3+. The van der Waals surface area contributed by atoms with Gasteiger partial charge in [0.1, 0.15) is 5.69 Å². The number of pyridine rings is 1. The molecule has 0 saturated heterocycles. The predicted molar refractivity (Wildman–Crippen MR) is 158 cm³/mol. The van der Waals surface area contributed by atoms with Gasteiger partial charge < -0.3 is 0 Å². The average Bonchev–Trinajstić information content (AvgIpc) is 3.36. The van der Waals surface area contributed by atoms with Crippen molar-refractivity contribution in [1.29, 1.82) is 0 Å². The molecule has 2 heterocycles. The molecule has 38 heavy (non-hydrogen) atoms. The van der Waals surface area contributed by atoms with Gasteiger partial charge in [0.05, 0.1) is 18.3 Å². The molecule has 0 saturated carbocycles. The first-order valence-corrected chi connectivity index (χ1v) is 13.9. The van der Waals surface area contributed by atoms with Crippen molar-refractivity contribution < 1.29 is 4.57 Å². The number of hydrogen-bond acceptors (Lipinski definition) is 1. The Morgan fingerprint density at radius 1 is 0.789 bits per heavy atom. The molecule has 0 bridgehead atoms. The monoisotopic (exact) mass is 500 g/mol. The minimum atomic E-state index is 0.400. The second-order valence-corrected chi connectivity index (χ2v) is 11.8. The van der Waals surface area contributed by atoms with E-state index in [1.54, 1.807) is 0 Å². The number of nitrogens with zero attached hydrogens (tertiary/aromatic N) is 3. The third kappa shape index (κ3) is 3.71. The van der Waals surface area contributed by atoms with E-state index in [1.165, 1.54) is 72.7 Å². The molecule has 0 aliphatic heterocycles. The zero-order valence-corrected chi connectivity index (χ0v) is 24.0. The summed E-state index contributed by atoms with van der Waals surface area (Å²) in [6.07, 6.45) is 0.895. The number of aryl methyl sites for hydroxylation is 4. The van der Waals surface area contributed by atoms with Crippen molar-refractivity contribution in [2.75, 3.05) is 0 Å². The summed E-state index contributed by atoms with van der Waals surface area (Å²) >= 11 is 0. The van der Waals surface area contributed by atoms with Crippen molar-refractivity contribution in [2.45, 2.75) is 66.7 Å². The highest BCUT2D eigenvalue weighted by Gasteiger charge is 2.33. The zero-order chi connectivity index (χ0) is 26.9. The highest BCUT2D eigenvalue weighted by atomic mass is 15.2. The molecule has 0 N–H and O–H groups in total. The molecule has 192 valence electrons. The lowest BCUT2D eigenvalue weighted by atomic mass is 9.90. The molecule has 0 amide bonds. The van der Waals surface area contributed by atoms with Gasteiger partial charge in [0.15, 0.2) is 11.0 Å². The first-order chi connectivity index (χ1) is 18.2. The number of rotatable bonds is 4. The molecule has 5 aromatic rings. The van der Waals surface area contributed by atoms with Crippen LogP contribution in [0.3, 0.4) is 0 Å². The van der Waals surface area contributed by atoms with Crippen LogP contribution in [0.2, 0.25) is 0 Å². The van der Waals surface area contributed by atoms with E-state index in [1.807, 2.05) is 0 Å². The van der Waals surface area contributed by atoms with Gasteiger partial charge in [-0.25, -0.2) is 4.57 Å². The molecule has 3 aromatic carbocycles. The normalized spacial score (nSPS) is 12.6. The maximum absolute atomic E-state index is 4.89. The molecule has 3 heteroatoms. The summed E-state index contributed by atoms with van der Waals surface area (Å²) in [5, 5.41) is 0. The van der Waals surface area contributed by atoms with Crippen LogP contribution in [0.15, 0.2) is 60.7 Å². The van der Waals surface area contributed by atoms with Gasteiger partial charge in [0.2, 0.25) is 0 Å². The number of fused-ring (bicyclic) bond motifs is 4. The van der Waals surface area contributed by atoms with Gasteiger partial charge in [-0.15, -0.1) is 0 Å². The minimum Gasteiger partial charge on any atom is -0.257 e. The molecule has 0 spiro atoms. The van der Waals surface area contributed by atoms with Crippen LogP contribution in [0.5, 0.6) is 0 Å². The van der Waals surface area contributed by atoms with Crippen molar-refractivity contribution in [3.8, 4) is 28.2 Å². The van der Waals surface area contributed by atoms with Gasteiger partial charge in [-0.05, 0) is 73.6 Å². The number of hydrogen-bond donors (Lipinski definition) is 0. The highest BCUT2D eigenvalue weighted by Crippen LogP contribution is 2.42. The Morgan fingerprint density at radius 2 is 1.47 bits per heavy atom. The van der Waals surface area contributed by atoms with Crippen molar-refractivity contribution in [2.24, 2.45) is 7.05 Å². The van der Waals surface area contributed by atoms with Crippen LogP contribution >= 0.6 is 0 Å². The molecule has 1 aliphatic rings. The van der Waals surface area contributed by atoms with Crippen LogP contribution in [-0.4, -0.2) is 9.55 Å². The van der Waals surface area contributed by atoms with E-state index in [0.717, 1.165) is 12.1 Å². The zero-order valence-electron chi connectivity index (χ0n) is 24.0. The largest absolute Gasteiger partial charge is 0.295 e. The quantitative estimate of drug-likeness (QED) is 0.223. The van der Waals surface area contributed by atoms with Gasteiger partial charge in [-0.2, -0.15) is 4.57 Å². The first kappa shape index (κ1) is 24.6. The van der Waals surface area contributed by atoms with Crippen LogP contribution in [0.4, 0.5) is 0 Å². The van der Waals surface area contributed by atoms with Gasteiger partial charge in [-0.1, -0.05) is 69.7 Å². The Hall–Kier alpha value is -3.72. The summed E-state index contributed by atoms with van der Waals surface area (Å²) in [5.74, 6) is 2.03. The van der Waals surface area contributed by atoms with Crippen LogP contribution < -0.4 is 4.57 Å². The Bertz CT molecular complexity index is 1700. The lowest BCUT2D eigenvalue weighted by Gasteiger charge is -2.20. The molecule has 6 rings (SSSR count). The fourth-order valence-corrected chi connectivity index (χ4v) is 6.34. The Morgan fingerprint density at radius 3 is 2.13 bits per heavy atom. The van der Waals surface area contributed by atoms with Crippen LogP contribution in [0.1, 0.15) is 78.7 Å². The van der Waals surface area contributed by atoms with E-state index in [4.69, 9.17) is 4.98 Å². The summed E-state index contributed by atoms with van der Waals surface area (Å²) in [4.78, 5) is 4.89. The number of imidazole rings is 1. The molecule has 1 aliphatic carbocycles. The van der Waals surface area contributed by atoms with E-state index < -0.39 is 0 Å². The van der Waals surface area contributed by atoms with Crippen LogP contribution in [-0.2, 0) is 13.5 Å². The van der Waals surface area contributed by atoms with E-state index in [2.05, 4.69) is 125 Å². The molecule has 0 atom stereocenters. The maximum Gasteiger partial charge on any atom is 0.295 e. The predicted octanol–water partition coefficient (Wildman–Crippen LogP) is 8.26. The standard InChI is InChI=1S/C35H38N3/c1-20(2)28-15-22(5)16-29(21(3)4)34(28)38-33-19-30-25(17-31-27(30)14-13-24(7)36-31)18-32(33)37(8)35(38)26-12-10-9-11-23(26)6/h9-16,18-21H,17H2,1-8H3/q+1. The summed E-state index contributed by atoms with van der Waals surface area (Å²) in [6.45, 7) is 15.8.